The molecule has 0 saturated heterocycles. The Balaban J connectivity index is 1.79. The van der Waals surface area contributed by atoms with E-state index in [1.807, 2.05) is 31.2 Å². The van der Waals surface area contributed by atoms with Crippen LogP contribution in [-0.2, 0) is 17.8 Å². The molecule has 4 aromatic rings. The number of methoxy groups -OCH3 is 1. The van der Waals surface area contributed by atoms with Crippen LogP contribution >= 0.6 is 0 Å². The lowest BCUT2D eigenvalue weighted by molar-refractivity contribution is 0.0585. The van der Waals surface area contributed by atoms with Crippen LogP contribution in [0.15, 0.2) is 60.8 Å². The number of rotatable bonds is 6. The highest BCUT2D eigenvalue weighted by Gasteiger charge is 2.28. The molecule has 0 aliphatic rings. The van der Waals surface area contributed by atoms with Gasteiger partial charge in [-0.05, 0) is 48.4 Å². The smallest absolute Gasteiger partial charge is 0.355 e. The van der Waals surface area contributed by atoms with E-state index >= 15 is 0 Å². The Labute approximate surface area is 188 Å². The number of nitrogens with one attached hydrogen (secondary N) is 1. The largest absolute Gasteiger partial charge is 0.464 e. The number of hydrogen-bond donors (Lipinski definition) is 1. The van der Waals surface area contributed by atoms with Crippen LogP contribution in [0.25, 0.3) is 10.9 Å². The van der Waals surface area contributed by atoms with Crippen LogP contribution in [0.3, 0.4) is 0 Å². The number of hydrogen-bond acceptors (Lipinski definition) is 4. The molecule has 0 radical (unpaired) electrons. The van der Waals surface area contributed by atoms with Gasteiger partial charge in [0.25, 0.3) is 5.91 Å². The summed E-state index contributed by atoms with van der Waals surface area (Å²) in [5, 5.41) is 3.27. The standard InChI is InChI=1S/C25H21F2N3O3/c1-15-6-8-18-21(11-15)30(14-17-5-3-4-10-28-17)23(25(32)33-2)22(18)24(31)29-13-16-7-9-19(26)20(27)12-16/h3-12H,13-14H2,1-2H3,(H,29,31). The van der Waals surface area contributed by atoms with Crippen LogP contribution in [0.1, 0.15) is 37.7 Å². The molecule has 2 heterocycles. The van der Waals surface area contributed by atoms with Gasteiger partial charge in [-0.25, -0.2) is 13.6 Å². The van der Waals surface area contributed by atoms with Crippen molar-refractivity contribution in [2.24, 2.45) is 0 Å². The maximum atomic E-state index is 13.5. The molecule has 1 N–H and O–H groups in total. The fourth-order valence-electron chi connectivity index (χ4n) is 3.74. The van der Waals surface area contributed by atoms with Crippen LogP contribution in [0, 0.1) is 18.6 Å². The Bertz CT molecular complexity index is 1350. The van der Waals surface area contributed by atoms with Crippen LogP contribution in [-0.4, -0.2) is 28.5 Å². The van der Waals surface area contributed by atoms with E-state index in [1.165, 1.54) is 13.2 Å². The van der Waals surface area contributed by atoms with Crippen LogP contribution in [0.4, 0.5) is 8.78 Å². The molecule has 0 bridgehead atoms. The Morgan fingerprint density at radius 2 is 1.88 bits per heavy atom. The zero-order valence-corrected chi connectivity index (χ0v) is 18.1. The second-order valence-electron chi connectivity index (χ2n) is 7.57. The molecule has 168 valence electrons. The van der Waals surface area contributed by atoms with Gasteiger partial charge < -0.3 is 14.6 Å². The molecule has 6 nitrogen and oxygen atoms in total. The summed E-state index contributed by atoms with van der Waals surface area (Å²) in [5.74, 6) is -3.17. The van der Waals surface area contributed by atoms with Crippen molar-refractivity contribution < 1.29 is 23.1 Å². The van der Waals surface area contributed by atoms with Gasteiger partial charge in [0.2, 0.25) is 0 Å². The molecule has 1 amide bonds. The van der Waals surface area contributed by atoms with E-state index in [1.54, 1.807) is 22.9 Å². The molecule has 0 aliphatic carbocycles. The SMILES string of the molecule is COC(=O)c1c(C(=O)NCc2ccc(F)c(F)c2)c2ccc(C)cc2n1Cc1ccccn1. The van der Waals surface area contributed by atoms with Crippen molar-refractivity contribution in [1.29, 1.82) is 0 Å². The topological polar surface area (TPSA) is 73.2 Å². The van der Waals surface area contributed by atoms with Crippen molar-refractivity contribution in [2.45, 2.75) is 20.0 Å². The number of carbonyl (C=O) groups excluding carboxylic acids is 2. The minimum Gasteiger partial charge on any atom is -0.464 e. The second kappa shape index (κ2) is 9.20. The normalized spacial score (nSPS) is 10.9. The number of esters is 1. The van der Waals surface area contributed by atoms with E-state index in [0.29, 0.717) is 22.2 Å². The van der Waals surface area contributed by atoms with Crippen LogP contribution < -0.4 is 5.32 Å². The van der Waals surface area contributed by atoms with Gasteiger partial charge in [-0.1, -0.05) is 24.3 Å². The summed E-state index contributed by atoms with van der Waals surface area (Å²) >= 11 is 0. The number of pyridine rings is 1. The number of aryl methyl sites for hydroxylation is 1. The molecule has 0 saturated carbocycles. The first-order chi connectivity index (χ1) is 15.9. The van der Waals surface area contributed by atoms with Crippen LogP contribution in [0.2, 0.25) is 0 Å². The first-order valence-corrected chi connectivity index (χ1v) is 10.2. The number of fused-ring (bicyclic) bond motifs is 1. The van der Waals surface area contributed by atoms with E-state index in [2.05, 4.69) is 10.3 Å². The molecule has 0 atom stereocenters. The summed E-state index contributed by atoms with van der Waals surface area (Å²) in [6.45, 7) is 2.12. The lowest BCUT2D eigenvalue weighted by atomic mass is 10.1. The maximum absolute atomic E-state index is 13.5. The molecule has 0 fully saturated rings. The van der Waals surface area contributed by atoms with Crippen molar-refractivity contribution in [3.05, 3.63) is 101 Å². The van der Waals surface area contributed by atoms with Gasteiger partial charge in [-0.15, -0.1) is 0 Å². The van der Waals surface area contributed by atoms with E-state index in [9.17, 15) is 18.4 Å². The second-order valence-corrected chi connectivity index (χ2v) is 7.57. The van der Waals surface area contributed by atoms with E-state index < -0.39 is 23.5 Å². The third-order valence-corrected chi connectivity index (χ3v) is 5.31. The highest BCUT2D eigenvalue weighted by molar-refractivity contribution is 6.15. The van der Waals surface area contributed by atoms with Gasteiger partial charge in [0.15, 0.2) is 11.6 Å². The Kier molecular flexibility index (Phi) is 6.17. The van der Waals surface area contributed by atoms with Gasteiger partial charge >= 0.3 is 5.97 Å². The predicted octanol–water partition coefficient (Wildman–Crippen LogP) is 4.39. The molecule has 4 rings (SSSR count). The van der Waals surface area contributed by atoms with Crippen molar-refractivity contribution in [1.82, 2.24) is 14.9 Å². The number of ether oxygens (including phenoxy) is 1. The summed E-state index contributed by atoms with van der Waals surface area (Å²) < 4.78 is 33.5. The average Bonchev–Trinajstić information content (AvgIpc) is 3.13. The van der Waals surface area contributed by atoms with Crippen molar-refractivity contribution in [3.8, 4) is 0 Å². The first kappa shape index (κ1) is 22.1. The fraction of sp³-hybridized carbons (Fsp3) is 0.160. The molecule has 0 unspecified atom stereocenters. The van der Waals surface area contributed by atoms with Gasteiger partial charge in [0.1, 0.15) is 5.69 Å². The Hall–Kier alpha value is -4.07. The van der Waals surface area contributed by atoms with Gasteiger partial charge in [0, 0.05) is 18.1 Å². The first-order valence-electron chi connectivity index (χ1n) is 10.2. The van der Waals surface area contributed by atoms with E-state index in [-0.39, 0.29) is 24.3 Å². The fourth-order valence-corrected chi connectivity index (χ4v) is 3.74. The summed E-state index contributed by atoms with van der Waals surface area (Å²) in [6.07, 6.45) is 1.65. The number of amides is 1. The van der Waals surface area contributed by atoms with Crippen molar-refractivity contribution in [3.63, 3.8) is 0 Å². The number of aromatic nitrogens is 2. The monoisotopic (exact) mass is 449 g/mol. The Morgan fingerprint density at radius 3 is 2.58 bits per heavy atom. The molecule has 0 spiro atoms. The quantitative estimate of drug-likeness (QED) is 0.443. The molecule has 33 heavy (non-hydrogen) atoms. The highest BCUT2D eigenvalue weighted by Crippen LogP contribution is 2.29. The number of nitrogens with zero attached hydrogens (tertiary/aromatic N) is 2. The number of carbonyl (C=O) groups is 2. The summed E-state index contributed by atoms with van der Waals surface area (Å²) in [6, 6.07) is 14.4. The van der Waals surface area contributed by atoms with Gasteiger partial charge in [0.05, 0.1) is 30.4 Å². The summed E-state index contributed by atoms with van der Waals surface area (Å²) in [4.78, 5) is 30.4. The molecular formula is C25H21F2N3O3. The lowest BCUT2D eigenvalue weighted by Crippen LogP contribution is -2.26. The summed E-state index contributed by atoms with van der Waals surface area (Å²) in [5.41, 5.74) is 2.96. The van der Waals surface area contributed by atoms with Gasteiger partial charge in [-0.3, -0.25) is 9.78 Å². The minimum absolute atomic E-state index is 0.0462. The number of benzene rings is 2. The third-order valence-electron chi connectivity index (χ3n) is 5.31. The number of halogens is 2. The molecule has 2 aromatic heterocycles. The van der Waals surface area contributed by atoms with Crippen molar-refractivity contribution in [2.75, 3.05) is 7.11 Å². The summed E-state index contributed by atoms with van der Waals surface area (Å²) in [7, 11) is 1.25. The molecule has 0 aliphatic heterocycles. The zero-order valence-electron chi connectivity index (χ0n) is 18.1. The van der Waals surface area contributed by atoms with E-state index in [4.69, 9.17) is 4.74 Å². The van der Waals surface area contributed by atoms with E-state index in [0.717, 1.165) is 17.7 Å². The lowest BCUT2D eigenvalue weighted by Gasteiger charge is -2.11. The average molecular weight is 449 g/mol. The molecule has 8 heteroatoms. The minimum atomic E-state index is -1.00. The predicted molar refractivity (Wildman–Crippen MR) is 119 cm³/mol. The third kappa shape index (κ3) is 4.45. The molecule has 2 aromatic carbocycles. The molecular weight excluding hydrogens is 428 g/mol. The Morgan fingerprint density at radius 1 is 1.06 bits per heavy atom. The van der Waals surface area contributed by atoms with Crippen LogP contribution in [0.5, 0.6) is 0 Å². The maximum Gasteiger partial charge on any atom is 0.355 e. The van der Waals surface area contributed by atoms with Crippen molar-refractivity contribution >= 4 is 22.8 Å². The van der Waals surface area contributed by atoms with Gasteiger partial charge in [-0.2, -0.15) is 0 Å². The highest BCUT2D eigenvalue weighted by atomic mass is 19.2. The zero-order chi connectivity index (χ0) is 23.5.